The van der Waals surface area contributed by atoms with Crippen molar-refractivity contribution in [3.05, 3.63) is 50.7 Å². The van der Waals surface area contributed by atoms with Crippen LogP contribution in [-0.4, -0.2) is 46.9 Å². The van der Waals surface area contributed by atoms with Crippen molar-refractivity contribution in [2.75, 3.05) is 6.61 Å². The number of carbonyl (C=O) groups excluding carboxylic acids is 1. The van der Waals surface area contributed by atoms with Crippen LogP contribution in [0.25, 0.3) is 17.1 Å². The number of hydrogen-bond acceptors (Lipinski definition) is 8. The Hall–Kier alpha value is -3.34. The number of aryl methyl sites for hydroxylation is 1. The van der Waals surface area contributed by atoms with Crippen molar-refractivity contribution in [3.63, 3.8) is 0 Å². The molecule has 0 fully saturated rings. The first-order valence-corrected chi connectivity index (χ1v) is 9.01. The third kappa shape index (κ3) is 3.24. The van der Waals surface area contributed by atoms with Gasteiger partial charge in [-0.3, -0.25) is 9.78 Å². The summed E-state index contributed by atoms with van der Waals surface area (Å²) in [5.41, 5.74) is 1.40. The number of fused-ring (bicyclic) bond motifs is 1. The van der Waals surface area contributed by atoms with Gasteiger partial charge in [0.1, 0.15) is 0 Å². The molecule has 0 unspecified atom stereocenters. The average Bonchev–Trinajstić information content (AvgIpc) is 3.36. The fourth-order valence-electron chi connectivity index (χ4n) is 2.62. The van der Waals surface area contributed by atoms with Gasteiger partial charge in [0, 0.05) is 11.6 Å². The molecular weight excluding hydrogens is 370 g/mol. The minimum Gasteiger partial charge on any atom is -0.462 e. The normalized spacial score (nSPS) is 11.2. The molecule has 27 heavy (non-hydrogen) atoms. The predicted octanol–water partition coefficient (Wildman–Crippen LogP) is 1.30. The molecule has 4 aromatic rings. The van der Waals surface area contributed by atoms with Gasteiger partial charge in [0.2, 0.25) is 5.95 Å². The lowest BCUT2D eigenvalue weighted by molar-refractivity contribution is 0.0526. The first-order chi connectivity index (χ1) is 13.0. The Kier molecular flexibility index (Phi) is 4.28. The number of ether oxygens (including phenoxy) is 1. The largest absolute Gasteiger partial charge is 0.462 e. The lowest BCUT2D eigenvalue weighted by Gasteiger charge is -2.02. The van der Waals surface area contributed by atoms with Gasteiger partial charge in [-0.1, -0.05) is 0 Å². The van der Waals surface area contributed by atoms with Gasteiger partial charge in [-0.15, -0.1) is 11.3 Å². The zero-order chi connectivity index (χ0) is 19.0. The number of nitrogens with one attached hydrogen (secondary N) is 1. The lowest BCUT2D eigenvalue weighted by atomic mass is 10.4. The molecule has 0 aromatic carbocycles. The molecule has 0 aliphatic rings. The maximum Gasteiger partial charge on any atom is 0.341 e. The molecule has 1 N–H and O–H groups in total. The molecule has 0 amide bonds. The van der Waals surface area contributed by atoms with Gasteiger partial charge in [-0.25, -0.2) is 19.4 Å². The van der Waals surface area contributed by atoms with E-state index in [1.165, 1.54) is 17.1 Å². The van der Waals surface area contributed by atoms with Crippen molar-refractivity contribution >= 4 is 28.5 Å². The monoisotopic (exact) mass is 385 g/mol. The third-order valence-corrected chi connectivity index (χ3v) is 4.60. The maximum atomic E-state index is 12.6. The van der Waals surface area contributed by atoms with Crippen LogP contribution >= 0.6 is 11.3 Å². The zero-order valence-corrected chi connectivity index (χ0v) is 15.4. The summed E-state index contributed by atoms with van der Waals surface area (Å²) in [6, 6.07) is 0. The number of imidazole rings is 1. The van der Waals surface area contributed by atoms with Crippen LogP contribution in [0.5, 0.6) is 0 Å². The van der Waals surface area contributed by atoms with Gasteiger partial charge in [-0.05, 0) is 13.8 Å². The Morgan fingerprint density at radius 2 is 2.22 bits per heavy atom. The second kappa shape index (κ2) is 6.76. The van der Waals surface area contributed by atoms with Crippen molar-refractivity contribution in [1.29, 1.82) is 0 Å². The van der Waals surface area contributed by atoms with E-state index in [1.807, 2.05) is 12.3 Å². The van der Waals surface area contributed by atoms with Crippen LogP contribution in [0.4, 0.5) is 0 Å². The van der Waals surface area contributed by atoms with E-state index >= 15 is 0 Å². The molecule has 4 rings (SSSR count). The summed E-state index contributed by atoms with van der Waals surface area (Å²) < 4.78 is 7.93. The summed E-state index contributed by atoms with van der Waals surface area (Å²) in [7, 11) is 0. The highest BCUT2D eigenvalue weighted by Crippen LogP contribution is 2.13. The zero-order valence-electron chi connectivity index (χ0n) is 14.5. The number of hydrogen-bond donors (Lipinski definition) is 1. The van der Waals surface area contributed by atoms with E-state index in [0.29, 0.717) is 12.1 Å². The molecule has 0 radical (unpaired) electrons. The van der Waals surface area contributed by atoms with Crippen LogP contribution < -0.4 is 5.56 Å². The Labute approximate surface area is 156 Å². The highest BCUT2D eigenvalue weighted by Gasteiger charge is 2.15. The van der Waals surface area contributed by atoms with Crippen LogP contribution in [0, 0.1) is 6.92 Å². The molecule has 0 bridgehead atoms. The van der Waals surface area contributed by atoms with E-state index in [0.717, 1.165) is 10.7 Å². The van der Waals surface area contributed by atoms with Gasteiger partial charge < -0.3 is 9.30 Å². The second-order valence-corrected chi connectivity index (χ2v) is 6.75. The average molecular weight is 385 g/mol. The molecule has 0 saturated carbocycles. The Balaban J connectivity index is 1.69. The van der Waals surface area contributed by atoms with Crippen molar-refractivity contribution in [2.45, 2.75) is 20.4 Å². The van der Waals surface area contributed by atoms with E-state index in [4.69, 9.17) is 4.74 Å². The van der Waals surface area contributed by atoms with Crippen LogP contribution in [0.2, 0.25) is 0 Å². The second-order valence-electron chi connectivity index (χ2n) is 5.69. The molecule has 0 aliphatic heterocycles. The molecule has 0 spiro atoms. The topological polar surface area (TPSA) is 121 Å². The Morgan fingerprint density at radius 1 is 1.37 bits per heavy atom. The fourth-order valence-corrected chi connectivity index (χ4v) is 3.22. The summed E-state index contributed by atoms with van der Waals surface area (Å²) in [5, 5.41) is 6.96. The minimum atomic E-state index is -0.491. The molecule has 0 aliphatic carbocycles. The molecule has 11 heteroatoms. The number of nitrogens with zero attached hydrogens (tertiary/aromatic N) is 6. The molecule has 10 nitrogen and oxygen atoms in total. The Morgan fingerprint density at radius 3 is 2.96 bits per heavy atom. The van der Waals surface area contributed by atoms with E-state index in [1.54, 1.807) is 29.2 Å². The van der Waals surface area contributed by atoms with Gasteiger partial charge in [0.05, 0.1) is 41.9 Å². The van der Waals surface area contributed by atoms with Gasteiger partial charge in [-0.2, -0.15) is 10.1 Å². The summed E-state index contributed by atoms with van der Waals surface area (Å²) in [6.45, 7) is 4.34. The van der Waals surface area contributed by atoms with Crippen LogP contribution in [-0.2, 0) is 11.3 Å². The highest BCUT2D eigenvalue weighted by molar-refractivity contribution is 7.09. The standard InChI is InChI=1S/C16H15N7O3S/c1-3-26-15(25)10-4-18-23(5-10)16-20-13-12(14(24)21-16)22(8-17-13)6-11-7-27-9(2)19-11/h4-5,7-8H,3,6H2,1-2H3,(H,20,21,24). The first-order valence-electron chi connectivity index (χ1n) is 8.13. The molecule has 0 saturated heterocycles. The highest BCUT2D eigenvalue weighted by atomic mass is 32.1. The predicted molar refractivity (Wildman–Crippen MR) is 97.2 cm³/mol. The quantitative estimate of drug-likeness (QED) is 0.514. The van der Waals surface area contributed by atoms with E-state index in [2.05, 4.69) is 25.0 Å². The molecule has 0 atom stereocenters. The lowest BCUT2D eigenvalue weighted by Crippen LogP contribution is -2.16. The van der Waals surface area contributed by atoms with Crippen molar-refractivity contribution in [1.82, 2.24) is 34.3 Å². The van der Waals surface area contributed by atoms with E-state index in [-0.39, 0.29) is 29.3 Å². The minimum absolute atomic E-state index is 0.165. The van der Waals surface area contributed by atoms with Gasteiger partial charge in [0.15, 0.2) is 11.2 Å². The van der Waals surface area contributed by atoms with Crippen LogP contribution in [0.3, 0.4) is 0 Å². The number of carbonyl (C=O) groups is 1. The number of esters is 1. The first kappa shape index (κ1) is 17.1. The smallest absolute Gasteiger partial charge is 0.341 e. The molecule has 4 heterocycles. The third-order valence-electron chi connectivity index (χ3n) is 3.78. The number of thiazole rings is 1. The van der Waals surface area contributed by atoms with Crippen LogP contribution in [0.1, 0.15) is 28.0 Å². The fraction of sp³-hybridized carbons (Fsp3) is 0.250. The SMILES string of the molecule is CCOC(=O)c1cnn(-c2nc3ncn(Cc4csc(C)n4)c3c(=O)[nH]2)c1. The van der Waals surface area contributed by atoms with Gasteiger partial charge >= 0.3 is 5.97 Å². The molecular formula is C16H15N7O3S. The number of rotatable bonds is 5. The van der Waals surface area contributed by atoms with E-state index in [9.17, 15) is 9.59 Å². The van der Waals surface area contributed by atoms with Crippen LogP contribution in [0.15, 0.2) is 28.9 Å². The summed E-state index contributed by atoms with van der Waals surface area (Å²) in [4.78, 5) is 40.0. The number of aromatic amines is 1. The number of H-pyrrole nitrogens is 1. The van der Waals surface area contributed by atoms with Crippen molar-refractivity contribution in [2.24, 2.45) is 0 Å². The molecule has 4 aromatic heterocycles. The number of aromatic nitrogens is 7. The van der Waals surface area contributed by atoms with Crippen molar-refractivity contribution < 1.29 is 9.53 Å². The van der Waals surface area contributed by atoms with E-state index < -0.39 is 5.97 Å². The summed E-state index contributed by atoms with van der Waals surface area (Å²) in [5.74, 6) is -0.326. The molecule has 138 valence electrons. The van der Waals surface area contributed by atoms with Gasteiger partial charge in [0.25, 0.3) is 5.56 Å². The maximum absolute atomic E-state index is 12.6. The summed E-state index contributed by atoms with van der Waals surface area (Å²) in [6.07, 6.45) is 4.35. The van der Waals surface area contributed by atoms with Crippen molar-refractivity contribution in [3.8, 4) is 5.95 Å². The summed E-state index contributed by atoms with van der Waals surface area (Å²) >= 11 is 1.55. The Bertz CT molecular complexity index is 1190.